The second kappa shape index (κ2) is 12.2. The van der Waals surface area contributed by atoms with Gasteiger partial charge < -0.3 is 24.2 Å². The molecule has 2 aromatic rings. The Morgan fingerprint density at radius 3 is 1.85 bits per heavy atom. The van der Waals surface area contributed by atoms with Crippen LogP contribution in [0.1, 0.15) is 50.5 Å². The lowest BCUT2D eigenvalue weighted by Gasteiger charge is -2.40. The van der Waals surface area contributed by atoms with Crippen LogP contribution in [0.2, 0.25) is 0 Å². The second-order valence-electron chi connectivity index (χ2n) is 9.18. The Hall–Kier alpha value is -5.00. The number of carbonyl (C=O) groups excluding carboxylic acids is 5. The molecule has 0 bridgehead atoms. The third-order valence-corrected chi connectivity index (χ3v) is 5.62. The zero-order valence-corrected chi connectivity index (χ0v) is 22.5. The Morgan fingerprint density at radius 1 is 0.875 bits per heavy atom. The predicted molar refractivity (Wildman–Crippen MR) is 139 cm³/mol. The Kier molecular flexibility index (Phi) is 9.04. The number of aliphatic carboxylic acids is 1. The fourth-order valence-corrected chi connectivity index (χ4v) is 4.16. The molecule has 0 unspecified atom stereocenters. The molecule has 0 aliphatic carbocycles. The van der Waals surface area contributed by atoms with Gasteiger partial charge in [0.2, 0.25) is 5.75 Å². The summed E-state index contributed by atoms with van der Waals surface area (Å²) in [6.07, 6.45) is 1.32. The minimum absolute atomic E-state index is 0.0334. The maximum absolute atomic E-state index is 13.8. The minimum atomic E-state index is -1.33. The number of carbonyl (C=O) groups is 6. The maximum Gasteiger partial charge on any atom is 0.323 e. The Bertz CT molecular complexity index is 1360. The van der Waals surface area contributed by atoms with Crippen molar-refractivity contribution < 1.29 is 48.1 Å². The van der Waals surface area contributed by atoms with Gasteiger partial charge in [0, 0.05) is 38.1 Å². The van der Waals surface area contributed by atoms with Gasteiger partial charge in [0.05, 0.1) is 5.70 Å². The van der Waals surface area contributed by atoms with Crippen molar-refractivity contribution in [1.82, 2.24) is 9.80 Å². The molecule has 0 aromatic heterocycles. The van der Waals surface area contributed by atoms with Crippen LogP contribution in [0.4, 0.5) is 0 Å². The molecule has 0 saturated heterocycles. The molecule has 1 N–H and O–H groups in total. The van der Waals surface area contributed by atoms with Crippen molar-refractivity contribution in [3.8, 4) is 17.2 Å². The molecule has 0 saturated carbocycles. The van der Waals surface area contributed by atoms with Crippen molar-refractivity contribution in [1.29, 1.82) is 0 Å². The number of nitrogens with zero attached hydrogens (tertiary/aromatic N) is 2. The van der Waals surface area contributed by atoms with Crippen LogP contribution in [0.25, 0.3) is 5.70 Å². The van der Waals surface area contributed by atoms with Gasteiger partial charge in [-0.3, -0.25) is 33.7 Å². The summed E-state index contributed by atoms with van der Waals surface area (Å²) in [4.78, 5) is 76.8. The molecule has 0 fully saturated rings. The highest BCUT2D eigenvalue weighted by atomic mass is 16.6. The van der Waals surface area contributed by atoms with Crippen molar-refractivity contribution in [2.45, 2.75) is 40.7 Å². The number of hydrogen-bond donors (Lipinski definition) is 1. The summed E-state index contributed by atoms with van der Waals surface area (Å²) in [5, 5.41) is 9.62. The minimum Gasteiger partial charge on any atom is -0.480 e. The van der Waals surface area contributed by atoms with Gasteiger partial charge in [-0.15, -0.1) is 0 Å². The number of carboxylic acids is 1. The van der Waals surface area contributed by atoms with Crippen LogP contribution in [-0.4, -0.2) is 63.2 Å². The van der Waals surface area contributed by atoms with Crippen LogP contribution >= 0.6 is 0 Å². The summed E-state index contributed by atoms with van der Waals surface area (Å²) in [5.74, 6) is -6.43. The normalized spacial score (nSPS) is 14.9. The molecular formula is C28H28N2O10. The topological polar surface area (TPSA) is 157 Å². The number of esters is 3. The van der Waals surface area contributed by atoms with Crippen molar-refractivity contribution in [2.75, 3.05) is 6.54 Å². The van der Waals surface area contributed by atoms with E-state index in [1.807, 2.05) is 0 Å². The highest BCUT2D eigenvalue weighted by molar-refractivity contribution is 6.03. The predicted octanol–water partition coefficient (Wildman–Crippen LogP) is 2.85. The standard InChI is InChI=1S/C28H28N2O10/c1-15(2)25-28(37)29(14-24(34)35)21(13-30(25)27(36)19-9-7-6-8-10-19)20-11-22(38-16(3)31)26(40-18(5)33)23(12-20)39-17(4)32/h6-13,15,25H,14H2,1-5H3,(H,34,35)/t25-/m0/s1. The molecule has 1 heterocycles. The Labute approximate surface area is 229 Å². The molecule has 12 nitrogen and oxygen atoms in total. The Morgan fingerprint density at radius 2 is 1.40 bits per heavy atom. The van der Waals surface area contributed by atoms with E-state index in [1.165, 1.54) is 23.2 Å². The molecule has 2 amide bonds. The average molecular weight is 553 g/mol. The van der Waals surface area contributed by atoms with Crippen LogP contribution in [0, 0.1) is 5.92 Å². The zero-order chi connectivity index (χ0) is 29.7. The third kappa shape index (κ3) is 6.70. The van der Waals surface area contributed by atoms with Crippen LogP contribution in [0.15, 0.2) is 48.7 Å². The van der Waals surface area contributed by atoms with Crippen molar-refractivity contribution >= 4 is 41.4 Å². The number of rotatable bonds is 8. The van der Waals surface area contributed by atoms with E-state index < -0.39 is 54.2 Å². The SMILES string of the molecule is CC(=O)Oc1cc(C2=CN(C(=O)c3ccccc3)[C@@H](C(C)C)C(=O)N2CC(=O)O)cc(OC(C)=O)c1OC(C)=O. The van der Waals surface area contributed by atoms with E-state index in [4.69, 9.17) is 14.2 Å². The largest absolute Gasteiger partial charge is 0.480 e. The number of amides is 2. The molecule has 1 aliphatic heterocycles. The lowest BCUT2D eigenvalue weighted by Crippen LogP contribution is -2.55. The molecule has 12 heteroatoms. The van der Waals surface area contributed by atoms with Gasteiger partial charge in [0.25, 0.3) is 11.8 Å². The summed E-state index contributed by atoms with van der Waals surface area (Å²) in [6.45, 7) is 5.93. The summed E-state index contributed by atoms with van der Waals surface area (Å²) >= 11 is 0. The highest BCUT2D eigenvalue weighted by Gasteiger charge is 2.41. The van der Waals surface area contributed by atoms with Gasteiger partial charge in [-0.1, -0.05) is 32.0 Å². The van der Waals surface area contributed by atoms with Gasteiger partial charge in [-0.25, -0.2) is 0 Å². The van der Waals surface area contributed by atoms with Crippen molar-refractivity contribution in [3.05, 3.63) is 59.8 Å². The van der Waals surface area contributed by atoms with E-state index in [0.29, 0.717) is 0 Å². The van der Waals surface area contributed by atoms with E-state index in [-0.39, 0.29) is 34.1 Å². The molecule has 2 aromatic carbocycles. The quantitative estimate of drug-likeness (QED) is 0.381. The van der Waals surface area contributed by atoms with Gasteiger partial charge in [0.1, 0.15) is 12.6 Å². The van der Waals surface area contributed by atoms with E-state index in [2.05, 4.69) is 0 Å². The number of hydrogen-bond acceptors (Lipinski definition) is 9. The maximum atomic E-state index is 13.8. The Balaban J connectivity index is 2.33. The van der Waals surface area contributed by atoms with Crippen LogP contribution in [0.5, 0.6) is 17.2 Å². The van der Waals surface area contributed by atoms with Gasteiger partial charge in [-0.05, 0) is 30.2 Å². The lowest BCUT2D eigenvalue weighted by molar-refractivity contribution is -0.144. The van der Waals surface area contributed by atoms with Crippen molar-refractivity contribution in [2.24, 2.45) is 5.92 Å². The van der Waals surface area contributed by atoms with Gasteiger partial charge >= 0.3 is 23.9 Å². The zero-order valence-electron chi connectivity index (χ0n) is 22.5. The van der Waals surface area contributed by atoms with Crippen LogP contribution in [0.3, 0.4) is 0 Å². The van der Waals surface area contributed by atoms with Gasteiger partial charge in [0.15, 0.2) is 11.5 Å². The summed E-state index contributed by atoms with van der Waals surface area (Å²) < 4.78 is 15.6. The lowest BCUT2D eigenvalue weighted by atomic mass is 9.96. The first-order valence-electron chi connectivity index (χ1n) is 12.2. The van der Waals surface area contributed by atoms with Crippen molar-refractivity contribution in [3.63, 3.8) is 0 Å². The number of ether oxygens (including phenoxy) is 3. The van der Waals surface area contributed by atoms with Crippen LogP contribution < -0.4 is 14.2 Å². The average Bonchev–Trinajstić information content (AvgIpc) is 2.85. The number of carboxylic acid groups (broad SMARTS) is 1. The van der Waals surface area contributed by atoms with E-state index in [9.17, 15) is 33.9 Å². The van der Waals surface area contributed by atoms with E-state index in [0.717, 1.165) is 25.7 Å². The fraction of sp³-hybridized carbons (Fsp3) is 0.286. The molecule has 1 atom stereocenters. The van der Waals surface area contributed by atoms with Crippen LogP contribution in [-0.2, 0) is 24.0 Å². The summed E-state index contributed by atoms with van der Waals surface area (Å²) in [5.41, 5.74) is 0.255. The molecule has 0 spiro atoms. The van der Waals surface area contributed by atoms with Gasteiger partial charge in [-0.2, -0.15) is 0 Å². The first kappa shape index (κ1) is 29.6. The molecular weight excluding hydrogens is 524 g/mol. The first-order valence-corrected chi connectivity index (χ1v) is 12.2. The highest BCUT2D eigenvalue weighted by Crippen LogP contribution is 2.43. The summed E-state index contributed by atoms with van der Waals surface area (Å²) in [6, 6.07) is 9.58. The smallest absolute Gasteiger partial charge is 0.323 e. The second-order valence-corrected chi connectivity index (χ2v) is 9.18. The molecule has 1 aliphatic rings. The fourth-order valence-electron chi connectivity index (χ4n) is 4.16. The summed E-state index contributed by atoms with van der Waals surface area (Å²) in [7, 11) is 0. The number of benzene rings is 2. The molecule has 0 radical (unpaired) electrons. The third-order valence-electron chi connectivity index (χ3n) is 5.62. The monoisotopic (exact) mass is 552 g/mol. The van der Waals surface area contributed by atoms with E-state index >= 15 is 0 Å². The first-order chi connectivity index (χ1) is 18.8. The molecule has 210 valence electrons. The molecule has 40 heavy (non-hydrogen) atoms. The molecule has 3 rings (SSSR count). The van der Waals surface area contributed by atoms with E-state index in [1.54, 1.807) is 44.2 Å².